The minimum absolute atomic E-state index is 0.521. The van der Waals surface area contributed by atoms with Gasteiger partial charge in [0, 0.05) is 0 Å². The summed E-state index contributed by atoms with van der Waals surface area (Å²) in [6.07, 6.45) is 61.9. The molecule has 0 saturated heterocycles. The molecule has 0 aliphatic carbocycles. The third-order valence-corrected chi connectivity index (χ3v) is 11.4. The Labute approximate surface area is 310 Å². The molecule has 0 saturated carbocycles. The van der Waals surface area contributed by atoms with E-state index in [0.717, 1.165) is 0 Å². The molecular formula is C44H88Br2. The van der Waals surface area contributed by atoms with E-state index in [2.05, 4.69) is 38.8 Å². The third kappa shape index (κ3) is 45.0. The fourth-order valence-corrected chi connectivity index (χ4v) is 7.91. The lowest BCUT2D eigenvalue weighted by atomic mass is 10.0. The van der Waals surface area contributed by atoms with Gasteiger partial charge in [0.25, 0.3) is 0 Å². The molecule has 0 atom stereocenters. The molecule has 2 heteroatoms. The number of unbranched alkanes of at least 4 members (excludes halogenated alkanes) is 40. The molecule has 0 aliphatic rings. The minimum atomic E-state index is 0.521. The highest BCUT2D eigenvalue weighted by Gasteiger charge is 1.99. The quantitative estimate of drug-likeness (QED) is 0.0428. The van der Waals surface area contributed by atoms with Crippen LogP contribution in [0.3, 0.4) is 0 Å². The second kappa shape index (κ2) is 44.0. The van der Waals surface area contributed by atoms with Crippen molar-refractivity contribution in [2.45, 2.75) is 280 Å². The maximum Gasteiger partial charge on any atom is 0.0697 e. The Balaban J connectivity index is 3.04. The van der Waals surface area contributed by atoms with Gasteiger partial charge in [-0.15, -0.1) is 0 Å². The van der Waals surface area contributed by atoms with E-state index in [1.807, 2.05) is 0 Å². The van der Waals surface area contributed by atoms with E-state index < -0.39 is 0 Å². The molecule has 0 spiro atoms. The molecule has 0 aliphatic heterocycles. The molecule has 0 N–H and O–H groups in total. The maximum atomic E-state index is 3.57. The van der Waals surface area contributed by atoms with Crippen molar-refractivity contribution in [2.24, 2.45) is 0 Å². The summed E-state index contributed by atoms with van der Waals surface area (Å²) < 4.78 is 0.521. The fourth-order valence-electron chi connectivity index (χ4n) is 7.27. The molecular weight excluding hydrogens is 688 g/mol. The van der Waals surface area contributed by atoms with E-state index in [1.165, 1.54) is 270 Å². The largest absolute Gasteiger partial charge is 0.0765 e. The van der Waals surface area contributed by atoms with Gasteiger partial charge in [-0.2, -0.15) is 0 Å². The summed E-state index contributed by atoms with van der Waals surface area (Å²) in [4.78, 5) is 0. The average Bonchev–Trinajstić information content (AvgIpc) is 3.05. The van der Waals surface area contributed by atoms with Crippen molar-refractivity contribution in [3.8, 4) is 0 Å². The van der Waals surface area contributed by atoms with Crippen LogP contribution < -0.4 is 0 Å². The number of hydrogen-bond acceptors (Lipinski definition) is 0. The predicted octanol–water partition coefficient (Wildman–Crippen LogP) is 18.5. The maximum absolute atomic E-state index is 3.57. The van der Waals surface area contributed by atoms with Gasteiger partial charge in [-0.3, -0.25) is 0 Å². The third-order valence-electron chi connectivity index (χ3n) is 10.5. The molecule has 0 aromatic heterocycles. The molecule has 0 fully saturated rings. The van der Waals surface area contributed by atoms with Crippen molar-refractivity contribution >= 4 is 31.9 Å². The van der Waals surface area contributed by atoms with E-state index in [1.54, 1.807) is 0 Å². The number of hydrogen-bond donors (Lipinski definition) is 0. The van der Waals surface area contributed by atoms with Crippen molar-refractivity contribution in [2.75, 3.05) is 0 Å². The summed E-state index contributed by atoms with van der Waals surface area (Å²) in [6, 6.07) is 0. The van der Waals surface area contributed by atoms with E-state index in [9.17, 15) is 0 Å². The van der Waals surface area contributed by atoms with Gasteiger partial charge >= 0.3 is 0 Å². The molecule has 0 unspecified atom stereocenters. The first-order valence-electron chi connectivity index (χ1n) is 22.1. The van der Waals surface area contributed by atoms with Crippen molar-refractivity contribution in [3.63, 3.8) is 0 Å². The Morgan fingerprint density at radius 2 is 0.348 bits per heavy atom. The molecule has 0 bridgehead atoms. The summed E-state index contributed by atoms with van der Waals surface area (Å²) in [6.45, 7) is 2.31. The lowest BCUT2D eigenvalue weighted by Gasteiger charge is -2.05. The van der Waals surface area contributed by atoms with Crippen LogP contribution in [-0.4, -0.2) is 3.74 Å². The predicted molar refractivity (Wildman–Crippen MR) is 221 cm³/mol. The Morgan fingerprint density at radius 3 is 0.478 bits per heavy atom. The summed E-state index contributed by atoms with van der Waals surface area (Å²) in [5.74, 6) is 0. The van der Waals surface area contributed by atoms with Gasteiger partial charge in [-0.1, -0.05) is 302 Å². The zero-order valence-corrected chi connectivity index (χ0v) is 35.2. The van der Waals surface area contributed by atoms with E-state index in [-0.39, 0.29) is 0 Å². The van der Waals surface area contributed by atoms with Gasteiger partial charge in [0.05, 0.1) is 3.74 Å². The average molecular weight is 777 g/mol. The molecule has 278 valence electrons. The first-order valence-corrected chi connectivity index (χ1v) is 23.9. The van der Waals surface area contributed by atoms with Crippen LogP contribution in [0.1, 0.15) is 277 Å². The Bertz CT molecular complexity index is 504. The SMILES string of the molecule is CCCCCCCCCCCCCCCCCCCCCCCCCCCCCCCCCCCCCCCCCCCC(Br)Br. The smallest absolute Gasteiger partial charge is 0.0697 e. The zero-order chi connectivity index (χ0) is 33.3. The normalized spacial score (nSPS) is 11.7. The number of rotatable bonds is 42. The standard InChI is InChI=1S/C44H88Br2/c1-2-3-4-5-6-7-8-9-10-11-12-13-14-15-16-17-18-19-20-21-22-23-24-25-26-27-28-29-30-31-32-33-34-35-36-37-38-39-40-41-42-43-44(45)46/h44H,2-43H2,1H3. The van der Waals surface area contributed by atoms with Crippen LogP contribution >= 0.6 is 31.9 Å². The topological polar surface area (TPSA) is 0 Å². The van der Waals surface area contributed by atoms with Gasteiger partial charge in [0.15, 0.2) is 0 Å². The van der Waals surface area contributed by atoms with Crippen LogP contribution in [0, 0.1) is 0 Å². The number of halogens is 2. The van der Waals surface area contributed by atoms with Crippen molar-refractivity contribution in [1.29, 1.82) is 0 Å². The van der Waals surface area contributed by atoms with Gasteiger partial charge in [-0.05, 0) is 6.42 Å². The van der Waals surface area contributed by atoms with E-state index in [0.29, 0.717) is 3.74 Å². The molecule has 0 rings (SSSR count). The second-order valence-electron chi connectivity index (χ2n) is 15.3. The van der Waals surface area contributed by atoms with Gasteiger partial charge in [0.2, 0.25) is 0 Å². The molecule has 0 nitrogen and oxygen atoms in total. The summed E-state index contributed by atoms with van der Waals surface area (Å²) >= 11 is 7.14. The Morgan fingerprint density at radius 1 is 0.217 bits per heavy atom. The van der Waals surface area contributed by atoms with Crippen LogP contribution in [0.5, 0.6) is 0 Å². The van der Waals surface area contributed by atoms with E-state index >= 15 is 0 Å². The molecule has 0 radical (unpaired) electrons. The highest BCUT2D eigenvalue weighted by atomic mass is 79.9. The molecule has 0 heterocycles. The summed E-state index contributed by atoms with van der Waals surface area (Å²) in [5, 5.41) is 0. The zero-order valence-electron chi connectivity index (χ0n) is 32.0. The first kappa shape index (κ1) is 47.0. The van der Waals surface area contributed by atoms with Crippen molar-refractivity contribution in [1.82, 2.24) is 0 Å². The Kier molecular flexibility index (Phi) is 44.9. The highest BCUT2D eigenvalue weighted by molar-refractivity contribution is 9.24. The van der Waals surface area contributed by atoms with Crippen LogP contribution in [0.2, 0.25) is 0 Å². The lowest BCUT2D eigenvalue weighted by Crippen LogP contribution is -1.86. The van der Waals surface area contributed by atoms with Crippen molar-refractivity contribution < 1.29 is 0 Å². The van der Waals surface area contributed by atoms with Crippen LogP contribution in [-0.2, 0) is 0 Å². The fraction of sp³-hybridized carbons (Fsp3) is 1.00. The molecule has 0 amide bonds. The number of alkyl halides is 2. The van der Waals surface area contributed by atoms with E-state index in [4.69, 9.17) is 0 Å². The molecule has 46 heavy (non-hydrogen) atoms. The van der Waals surface area contributed by atoms with Gasteiger partial charge in [0.1, 0.15) is 0 Å². The van der Waals surface area contributed by atoms with Crippen LogP contribution in [0.15, 0.2) is 0 Å². The van der Waals surface area contributed by atoms with Crippen molar-refractivity contribution in [3.05, 3.63) is 0 Å². The summed E-state index contributed by atoms with van der Waals surface area (Å²) in [7, 11) is 0. The first-order chi connectivity index (χ1) is 22.8. The second-order valence-corrected chi connectivity index (χ2v) is 18.8. The monoisotopic (exact) mass is 775 g/mol. The molecule has 0 aromatic rings. The van der Waals surface area contributed by atoms with Gasteiger partial charge in [-0.25, -0.2) is 0 Å². The summed E-state index contributed by atoms with van der Waals surface area (Å²) in [5.41, 5.74) is 0. The Hall–Kier alpha value is 0.960. The van der Waals surface area contributed by atoms with Crippen LogP contribution in [0.4, 0.5) is 0 Å². The molecule has 0 aromatic carbocycles. The van der Waals surface area contributed by atoms with Crippen LogP contribution in [0.25, 0.3) is 0 Å². The highest BCUT2D eigenvalue weighted by Crippen LogP contribution is 2.19. The van der Waals surface area contributed by atoms with Gasteiger partial charge < -0.3 is 0 Å². The lowest BCUT2D eigenvalue weighted by molar-refractivity contribution is 0.509. The minimum Gasteiger partial charge on any atom is -0.0765 e.